The molecule has 0 aliphatic rings. The fraction of sp³-hybridized carbons (Fsp3) is 0.111. The van der Waals surface area contributed by atoms with E-state index in [-0.39, 0.29) is 11.5 Å². The fourth-order valence-electron chi connectivity index (χ4n) is 0.907. The molecule has 1 aromatic carbocycles. The highest BCUT2D eigenvalue weighted by atomic mass is 16.3. The molecule has 0 radical (unpaired) electrons. The number of phenols is 2. The Morgan fingerprint density at radius 1 is 1.09 bits per heavy atom. The van der Waals surface area contributed by atoms with Crippen molar-refractivity contribution in [3.05, 3.63) is 29.8 Å². The van der Waals surface area contributed by atoms with Crippen LogP contribution in [0.4, 0.5) is 0 Å². The van der Waals surface area contributed by atoms with Gasteiger partial charge in [0.15, 0.2) is 0 Å². The number of allylic oxidation sites excluding steroid dienone is 1. The molecule has 2 nitrogen and oxygen atoms in total. The predicted octanol–water partition coefficient (Wildman–Crippen LogP) is 2.13. The summed E-state index contributed by atoms with van der Waals surface area (Å²) in [6, 6.07) is 4.46. The molecule has 0 heterocycles. The first-order valence-corrected chi connectivity index (χ1v) is 3.38. The van der Waals surface area contributed by atoms with Gasteiger partial charge in [-0.3, -0.25) is 0 Å². The molecular formula is C9H10O2. The zero-order valence-electron chi connectivity index (χ0n) is 6.28. The predicted molar refractivity (Wildman–Crippen MR) is 44.5 cm³/mol. The second kappa shape index (κ2) is 3.10. The van der Waals surface area contributed by atoms with Crippen LogP contribution in [0.2, 0.25) is 0 Å². The lowest BCUT2D eigenvalue weighted by Crippen LogP contribution is -1.71. The summed E-state index contributed by atoms with van der Waals surface area (Å²) >= 11 is 0. The Hall–Kier alpha value is -1.44. The maximum absolute atomic E-state index is 9.03. The van der Waals surface area contributed by atoms with Crippen molar-refractivity contribution in [3.63, 3.8) is 0 Å². The molecule has 1 aromatic rings. The van der Waals surface area contributed by atoms with E-state index in [9.17, 15) is 0 Å². The quantitative estimate of drug-likeness (QED) is 0.643. The van der Waals surface area contributed by atoms with Crippen molar-refractivity contribution in [1.82, 2.24) is 0 Å². The van der Waals surface area contributed by atoms with E-state index in [1.54, 1.807) is 18.2 Å². The van der Waals surface area contributed by atoms with Crippen molar-refractivity contribution in [1.29, 1.82) is 0 Å². The molecule has 0 unspecified atom stereocenters. The first kappa shape index (κ1) is 7.66. The number of hydrogen-bond donors (Lipinski definition) is 2. The van der Waals surface area contributed by atoms with E-state index < -0.39 is 0 Å². The van der Waals surface area contributed by atoms with E-state index >= 15 is 0 Å². The highest BCUT2D eigenvalue weighted by Crippen LogP contribution is 2.20. The van der Waals surface area contributed by atoms with Crippen molar-refractivity contribution in [3.8, 4) is 11.5 Å². The molecule has 0 saturated heterocycles. The lowest BCUT2D eigenvalue weighted by Gasteiger charge is -1.96. The zero-order chi connectivity index (χ0) is 8.27. The molecule has 58 valence electrons. The number of aromatic hydroxyl groups is 2. The number of benzene rings is 1. The van der Waals surface area contributed by atoms with Crippen LogP contribution >= 0.6 is 0 Å². The highest BCUT2D eigenvalue weighted by molar-refractivity contribution is 5.54. The van der Waals surface area contributed by atoms with Gasteiger partial charge in [0.2, 0.25) is 0 Å². The third-order valence-corrected chi connectivity index (χ3v) is 1.28. The average Bonchev–Trinajstić information content (AvgIpc) is 1.85. The van der Waals surface area contributed by atoms with Crippen molar-refractivity contribution < 1.29 is 10.2 Å². The molecule has 0 fully saturated rings. The van der Waals surface area contributed by atoms with Gasteiger partial charge in [0, 0.05) is 6.07 Å². The standard InChI is InChI=1S/C9H10O2/c1-2-3-7-4-8(10)6-9(11)5-7/h2-6,10-11H,1H3/b3-2+. The van der Waals surface area contributed by atoms with E-state index in [0.29, 0.717) is 0 Å². The van der Waals surface area contributed by atoms with Gasteiger partial charge in [-0.1, -0.05) is 12.2 Å². The minimum Gasteiger partial charge on any atom is -0.508 e. The van der Waals surface area contributed by atoms with Crippen LogP contribution in [0.1, 0.15) is 12.5 Å². The molecule has 0 bridgehead atoms. The van der Waals surface area contributed by atoms with Crippen LogP contribution in [0.25, 0.3) is 6.08 Å². The maximum atomic E-state index is 9.03. The summed E-state index contributed by atoms with van der Waals surface area (Å²) in [4.78, 5) is 0. The van der Waals surface area contributed by atoms with Crippen LogP contribution in [-0.2, 0) is 0 Å². The molecule has 1 rings (SSSR count). The molecule has 0 aliphatic heterocycles. The van der Waals surface area contributed by atoms with Crippen LogP contribution < -0.4 is 0 Å². The van der Waals surface area contributed by atoms with Gasteiger partial charge in [-0.05, 0) is 24.6 Å². The zero-order valence-corrected chi connectivity index (χ0v) is 6.28. The van der Waals surface area contributed by atoms with Gasteiger partial charge in [0.25, 0.3) is 0 Å². The third-order valence-electron chi connectivity index (χ3n) is 1.28. The third kappa shape index (κ3) is 2.00. The van der Waals surface area contributed by atoms with Crippen molar-refractivity contribution in [2.24, 2.45) is 0 Å². The number of rotatable bonds is 1. The second-order valence-electron chi connectivity index (χ2n) is 2.28. The average molecular weight is 150 g/mol. The molecule has 0 amide bonds. The molecule has 11 heavy (non-hydrogen) atoms. The van der Waals surface area contributed by atoms with Gasteiger partial charge in [-0.25, -0.2) is 0 Å². The largest absolute Gasteiger partial charge is 0.508 e. The fourth-order valence-corrected chi connectivity index (χ4v) is 0.907. The summed E-state index contributed by atoms with van der Waals surface area (Å²) < 4.78 is 0. The molecular weight excluding hydrogens is 140 g/mol. The van der Waals surface area contributed by atoms with Crippen LogP contribution in [0.3, 0.4) is 0 Å². The van der Waals surface area contributed by atoms with Crippen LogP contribution in [0, 0.1) is 0 Å². The van der Waals surface area contributed by atoms with E-state index in [0.717, 1.165) is 5.56 Å². The molecule has 2 heteroatoms. The summed E-state index contributed by atoms with van der Waals surface area (Å²) in [5.74, 6) is 0.163. The molecule has 0 spiro atoms. The first-order valence-electron chi connectivity index (χ1n) is 3.38. The van der Waals surface area contributed by atoms with Gasteiger partial charge >= 0.3 is 0 Å². The molecule has 2 N–H and O–H groups in total. The Kier molecular flexibility index (Phi) is 2.16. The lowest BCUT2D eigenvalue weighted by molar-refractivity contribution is 0.450. The summed E-state index contributed by atoms with van der Waals surface area (Å²) in [7, 11) is 0. The van der Waals surface area contributed by atoms with E-state index in [2.05, 4.69) is 0 Å². The highest BCUT2D eigenvalue weighted by Gasteiger charge is 1.94. The SMILES string of the molecule is C/C=C/c1cc(O)cc(O)c1. The maximum Gasteiger partial charge on any atom is 0.119 e. The monoisotopic (exact) mass is 150 g/mol. The molecule has 0 aliphatic carbocycles. The van der Waals surface area contributed by atoms with Crippen molar-refractivity contribution in [2.75, 3.05) is 0 Å². The van der Waals surface area contributed by atoms with Crippen molar-refractivity contribution in [2.45, 2.75) is 6.92 Å². The van der Waals surface area contributed by atoms with E-state index in [1.807, 2.05) is 13.0 Å². The Morgan fingerprint density at radius 2 is 1.64 bits per heavy atom. The number of phenolic OH excluding ortho intramolecular Hbond substituents is 2. The summed E-state index contributed by atoms with van der Waals surface area (Å²) in [6.07, 6.45) is 3.65. The summed E-state index contributed by atoms with van der Waals surface area (Å²) in [5.41, 5.74) is 0.796. The Balaban J connectivity index is 3.08. The van der Waals surface area contributed by atoms with Crippen LogP contribution in [-0.4, -0.2) is 10.2 Å². The summed E-state index contributed by atoms with van der Waals surface area (Å²) in [6.45, 7) is 1.88. The minimum atomic E-state index is 0.0816. The van der Waals surface area contributed by atoms with Gasteiger partial charge in [-0.2, -0.15) is 0 Å². The molecule has 0 saturated carbocycles. The normalized spacial score (nSPS) is 10.6. The second-order valence-corrected chi connectivity index (χ2v) is 2.28. The first-order chi connectivity index (χ1) is 5.22. The number of hydrogen-bond acceptors (Lipinski definition) is 2. The lowest BCUT2D eigenvalue weighted by atomic mass is 10.2. The topological polar surface area (TPSA) is 40.5 Å². The molecule has 0 atom stereocenters. The van der Waals surface area contributed by atoms with Crippen LogP contribution in [0.15, 0.2) is 24.3 Å². The van der Waals surface area contributed by atoms with Crippen LogP contribution in [0.5, 0.6) is 11.5 Å². The summed E-state index contributed by atoms with van der Waals surface area (Å²) in [5, 5.41) is 18.1. The Bertz CT molecular complexity index is 257. The van der Waals surface area contributed by atoms with Gasteiger partial charge < -0.3 is 10.2 Å². The van der Waals surface area contributed by atoms with Crippen molar-refractivity contribution >= 4 is 6.08 Å². The Morgan fingerprint density at radius 3 is 2.09 bits per heavy atom. The van der Waals surface area contributed by atoms with E-state index in [1.165, 1.54) is 6.07 Å². The Labute approximate surface area is 65.4 Å². The van der Waals surface area contributed by atoms with Gasteiger partial charge in [0.05, 0.1) is 0 Å². The molecule has 0 aromatic heterocycles. The minimum absolute atomic E-state index is 0.0816. The van der Waals surface area contributed by atoms with E-state index in [4.69, 9.17) is 10.2 Å². The smallest absolute Gasteiger partial charge is 0.119 e. The van der Waals surface area contributed by atoms with Gasteiger partial charge in [-0.15, -0.1) is 0 Å². The van der Waals surface area contributed by atoms with Gasteiger partial charge in [0.1, 0.15) is 11.5 Å².